The number of thioether (sulfide) groups is 1. The summed E-state index contributed by atoms with van der Waals surface area (Å²) in [6.45, 7) is 8.64. The van der Waals surface area contributed by atoms with Crippen molar-refractivity contribution in [3.63, 3.8) is 0 Å². The van der Waals surface area contributed by atoms with Gasteiger partial charge in [-0.1, -0.05) is 25.7 Å². The summed E-state index contributed by atoms with van der Waals surface area (Å²) in [7, 11) is -0.546. The lowest BCUT2D eigenvalue weighted by atomic mass is 9.89. The molecule has 1 saturated heterocycles. The first-order chi connectivity index (χ1) is 27.6. The van der Waals surface area contributed by atoms with Gasteiger partial charge >= 0.3 is 25.0 Å². The normalized spacial score (nSPS) is 19.3. The number of nitrogens with two attached hydrogens (primary N) is 1. The number of carbonyl (C=O) groups excluding carboxylic acids is 7. The van der Waals surface area contributed by atoms with Crippen LogP contribution in [0.15, 0.2) is 0 Å². The van der Waals surface area contributed by atoms with Gasteiger partial charge < -0.3 is 56.2 Å². The third kappa shape index (κ3) is 25.8. The Morgan fingerprint density at radius 1 is 0.707 bits per heavy atom. The molecule has 0 spiro atoms. The highest BCUT2D eigenvalue weighted by molar-refractivity contribution is 7.99. The van der Waals surface area contributed by atoms with Crippen LogP contribution in [0.25, 0.3) is 0 Å². The molecule has 0 radical (unpaired) electrons. The molecule has 0 aromatic heterocycles. The summed E-state index contributed by atoms with van der Waals surface area (Å²) < 4.78 is 22.3. The summed E-state index contributed by atoms with van der Waals surface area (Å²) in [5.74, 6) is -1.85. The molecule has 4 amide bonds. The molecule has 332 valence electrons. The molecular formula is C38H69BN6O12S. The molecule has 1 rings (SSSR count). The van der Waals surface area contributed by atoms with Gasteiger partial charge in [0, 0.05) is 60.2 Å². The Kier molecular flexibility index (Phi) is 28.5. The molecule has 0 aliphatic carbocycles. The lowest BCUT2D eigenvalue weighted by Gasteiger charge is -2.45. The lowest BCUT2D eigenvalue weighted by molar-refractivity contribution is -0.211. The molecule has 18 nitrogen and oxygen atoms in total. The lowest BCUT2D eigenvalue weighted by Crippen LogP contribution is -2.65. The van der Waals surface area contributed by atoms with Crippen LogP contribution in [0.5, 0.6) is 0 Å². The highest BCUT2D eigenvalue weighted by atomic mass is 32.2. The van der Waals surface area contributed by atoms with E-state index < -0.39 is 66.7 Å². The van der Waals surface area contributed by atoms with Crippen LogP contribution in [-0.2, 0) is 52.5 Å². The second-order valence-corrected chi connectivity index (χ2v) is 15.7. The number of nitrogens with one attached hydrogen (secondary N) is 5. The Balaban J connectivity index is 2.22. The number of rotatable bonds is 31. The van der Waals surface area contributed by atoms with E-state index in [1.807, 2.05) is 0 Å². The van der Waals surface area contributed by atoms with E-state index in [0.717, 1.165) is 70.6 Å². The third-order valence-electron chi connectivity index (χ3n) is 9.00. The molecule has 3 unspecified atom stereocenters. The van der Waals surface area contributed by atoms with E-state index in [2.05, 4.69) is 26.5 Å². The van der Waals surface area contributed by atoms with Crippen molar-refractivity contribution >= 4 is 60.3 Å². The summed E-state index contributed by atoms with van der Waals surface area (Å²) in [6.07, 6.45) is 6.85. The van der Waals surface area contributed by atoms with Crippen molar-refractivity contribution < 1.29 is 57.5 Å². The van der Waals surface area contributed by atoms with Gasteiger partial charge in [-0.25, -0.2) is 0 Å². The van der Waals surface area contributed by atoms with Crippen LogP contribution in [0, 0.1) is 0 Å². The quantitative estimate of drug-likeness (QED) is 0.0224. The first-order valence-electron chi connectivity index (χ1n) is 20.6. The fourth-order valence-corrected chi connectivity index (χ4v) is 7.37. The number of unbranched alkanes of at least 4 members (excludes halogenated alkanes) is 7. The zero-order valence-corrected chi connectivity index (χ0v) is 35.9. The summed E-state index contributed by atoms with van der Waals surface area (Å²) >= 11 is 1.39. The van der Waals surface area contributed by atoms with E-state index in [1.54, 1.807) is 6.82 Å². The van der Waals surface area contributed by atoms with E-state index in [0.29, 0.717) is 51.2 Å². The topological polar surface area (TPSA) is 263 Å². The van der Waals surface area contributed by atoms with Gasteiger partial charge in [0.05, 0.1) is 6.04 Å². The maximum Gasteiger partial charge on any atom is 0.373 e. The molecule has 58 heavy (non-hydrogen) atoms. The van der Waals surface area contributed by atoms with Crippen molar-refractivity contribution in [3.05, 3.63) is 0 Å². The number of esters is 3. The molecule has 1 fully saturated rings. The molecule has 1 aliphatic heterocycles. The van der Waals surface area contributed by atoms with Crippen LogP contribution >= 0.6 is 11.8 Å². The highest BCUT2D eigenvalue weighted by Crippen LogP contribution is 2.33. The van der Waals surface area contributed by atoms with E-state index in [1.165, 1.54) is 39.5 Å². The Morgan fingerprint density at radius 3 is 1.78 bits per heavy atom. The average molecular weight is 845 g/mol. The minimum absolute atomic E-state index is 0.00588. The Bertz CT molecular complexity index is 1270. The zero-order valence-electron chi connectivity index (χ0n) is 35.1. The van der Waals surface area contributed by atoms with Gasteiger partial charge in [-0.3, -0.25) is 33.6 Å². The van der Waals surface area contributed by atoms with Crippen LogP contribution in [-0.4, -0.2) is 128 Å². The van der Waals surface area contributed by atoms with Crippen LogP contribution < -0.4 is 32.2 Å². The van der Waals surface area contributed by atoms with Crippen LogP contribution in [0.2, 0.25) is 6.82 Å². The first-order valence-corrected chi connectivity index (χ1v) is 21.7. The summed E-state index contributed by atoms with van der Waals surface area (Å²) in [5, 5.41) is 23.6. The number of hydrogen-bond donors (Lipinski definition) is 7. The molecule has 6 atom stereocenters. The van der Waals surface area contributed by atoms with Gasteiger partial charge in [-0.05, 0) is 70.5 Å². The summed E-state index contributed by atoms with van der Waals surface area (Å²) in [6, 6.07) is -1.39. The molecule has 0 bridgehead atoms. The van der Waals surface area contributed by atoms with Gasteiger partial charge in [-0.15, -0.1) is 11.8 Å². The number of amides is 4. The van der Waals surface area contributed by atoms with E-state index in [-0.39, 0.29) is 24.3 Å². The predicted octanol–water partition coefficient (Wildman–Crippen LogP) is 1.21. The maximum absolute atomic E-state index is 12.3. The van der Waals surface area contributed by atoms with Crippen molar-refractivity contribution in [1.82, 2.24) is 26.5 Å². The smallest absolute Gasteiger partial charge is 0.373 e. The molecule has 0 aromatic carbocycles. The van der Waals surface area contributed by atoms with Gasteiger partial charge in [-0.2, -0.15) is 0 Å². The zero-order chi connectivity index (χ0) is 43.3. The number of carbonyl (C=O) groups is 7. The molecule has 8 N–H and O–H groups in total. The van der Waals surface area contributed by atoms with Crippen LogP contribution in [0.4, 0.5) is 0 Å². The Labute approximate surface area is 348 Å². The first kappa shape index (κ1) is 52.6. The van der Waals surface area contributed by atoms with Crippen molar-refractivity contribution in [2.45, 2.75) is 160 Å². The fourth-order valence-electron chi connectivity index (χ4n) is 6.12. The van der Waals surface area contributed by atoms with Gasteiger partial charge in [0.2, 0.25) is 23.6 Å². The summed E-state index contributed by atoms with van der Waals surface area (Å²) in [4.78, 5) is 84.2. The third-order valence-corrected chi connectivity index (χ3v) is 10.3. The molecule has 20 heteroatoms. The van der Waals surface area contributed by atoms with Crippen LogP contribution in [0.3, 0.4) is 0 Å². The minimum Gasteiger partial charge on any atom is -0.463 e. The van der Waals surface area contributed by atoms with Gasteiger partial charge in [0.15, 0.2) is 12.2 Å². The molecule has 0 aromatic rings. The SMILES string of the molecule is CB(O)NCCCCC(N)C(=O)NCCCCCC(=O)NCCCCCC(=O)NCCCCCS[C@@H]1OC(COC(C)=O)[C@H](OC(C)=O)[C@H](OC(C)=O)C1NC(C)=O. The second-order valence-electron chi connectivity index (χ2n) is 14.5. The van der Waals surface area contributed by atoms with Crippen molar-refractivity contribution in [1.29, 1.82) is 0 Å². The van der Waals surface area contributed by atoms with Crippen molar-refractivity contribution in [2.75, 3.05) is 38.5 Å². The largest absolute Gasteiger partial charge is 0.463 e. The monoisotopic (exact) mass is 844 g/mol. The minimum atomic E-state index is -1.13. The highest BCUT2D eigenvalue weighted by Gasteiger charge is 2.50. The van der Waals surface area contributed by atoms with E-state index in [9.17, 15) is 38.6 Å². The Morgan fingerprint density at radius 2 is 1.24 bits per heavy atom. The second kappa shape index (κ2) is 31.5. The van der Waals surface area contributed by atoms with E-state index >= 15 is 0 Å². The van der Waals surface area contributed by atoms with Crippen LogP contribution in [0.1, 0.15) is 118 Å². The number of ether oxygens (including phenoxy) is 4. The molecule has 0 saturated carbocycles. The predicted molar refractivity (Wildman–Crippen MR) is 220 cm³/mol. The average Bonchev–Trinajstić information content (AvgIpc) is 3.14. The van der Waals surface area contributed by atoms with Gasteiger partial charge in [0.1, 0.15) is 24.2 Å². The Hall–Kier alpha value is -3.46. The van der Waals surface area contributed by atoms with Crippen molar-refractivity contribution in [3.8, 4) is 0 Å². The van der Waals surface area contributed by atoms with Crippen molar-refractivity contribution in [2.24, 2.45) is 5.73 Å². The standard InChI is InChI=1S/C38H69BN6O12S/c1-26(46)45-34-36(56-29(4)49)35(55-28(3)48)31(25-54-27(2)47)57-38(34)58-24-16-8-14-21-42-33(51)18-9-6-12-20-41-32(50)19-10-7-13-22-43-37(52)30(40)17-11-15-23-44-39(5)53/h30-31,34-36,38,44,53H,6-25,40H2,1-5H3,(H,41,50)(H,42,51)(H,43,52)(H,45,46)/t30?,31?,34?,35-,36+,38-/m0/s1. The van der Waals surface area contributed by atoms with Gasteiger partial charge in [0.25, 0.3) is 0 Å². The number of hydrogen-bond acceptors (Lipinski definition) is 15. The molecule has 1 heterocycles. The summed E-state index contributed by atoms with van der Waals surface area (Å²) in [5.41, 5.74) is 5.24. The van der Waals surface area contributed by atoms with E-state index in [4.69, 9.17) is 24.7 Å². The fraction of sp³-hybridized carbons (Fsp3) is 0.816. The molecular weight excluding hydrogens is 775 g/mol. The maximum atomic E-state index is 12.3. The molecule has 1 aliphatic rings.